The third-order valence-electron chi connectivity index (χ3n) is 4.36. The van der Waals surface area contributed by atoms with E-state index >= 15 is 0 Å². The molecule has 0 saturated carbocycles. The average molecular weight is 375 g/mol. The van der Waals surface area contributed by atoms with E-state index in [1.54, 1.807) is 17.0 Å². The van der Waals surface area contributed by atoms with E-state index in [0.29, 0.717) is 18.5 Å². The Balaban J connectivity index is 1.69. The summed E-state index contributed by atoms with van der Waals surface area (Å²) in [5.41, 5.74) is 0.530. The van der Waals surface area contributed by atoms with Crippen LogP contribution in [0.15, 0.2) is 36.5 Å². The number of benzene rings is 1. The van der Waals surface area contributed by atoms with Gasteiger partial charge < -0.3 is 15.0 Å². The molecule has 1 aliphatic heterocycles. The minimum atomic E-state index is -0.848. The van der Waals surface area contributed by atoms with E-state index < -0.39 is 17.7 Å². The average Bonchev–Trinajstić information content (AvgIpc) is 3.13. The zero-order valence-electron chi connectivity index (χ0n) is 14.7. The van der Waals surface area contributed by atoms with Crippen LogP contribution < -0.4 is 10.1 Å². The summed E-state index contributed by atoms with van der Waals surface area (Å²) in [6.45, 7) is 2.11. The molecular formula is C19H19F2N3O3. The van der Waals surface area contributed by atoms with Gasteiger partial charge in [-0.3, -0.25) is 9.59 Å². The van der Waals surface area contributed by atoms with Crippen LogP contribution in [0.3, 0.4) is 0 Å². The highest BCUT2D eigenvalue weighted by Crippen LogP contribution is 2.26. The van der Waals surface area contributed by atoms with Crippen molar-refractivity contribution in [2.75, 3.05) is 6.54 Å². The number of ether oxygens (including phenoxy) is 1. The molecule has 0 spiro atoms. The number of likely N-dealkylation sites (tertiary alicyclic amines) is 1. The lowest BCUT2D eigenvalue weighted by molar-refractivity contribution is -0.136. The van der Waals surface area contributed by atoms with E-state index in [-0.39, 0.29) is 30.0 Å². The van der Waals surface area contributed by atoms with Gasteiger partial charge in [-0.1, -0.05) is 6.07 Å². The number of amides is 2. The van der Waals surface area contributed by atoms with Gasteiger partial charge in [0, 0.05) is 37.8 Å². The van der Waals surface area contributed by atoms with E-state index in [1.807, 2.05) is 0 Å². The van der Waals surface area contributed by atoms with Crippen LogP contribution in [0, 0.1) is 11.6 Å². The van der Waals surface area contributed by atoms with Gasteiger partial charge in [-0.25, -0.2) is 13.8 Å². The molecule has 1 aromatic heterocycles. The topological polar surface area (TPSA) is 71.5 Å². The number of pyridine rings is 1. The van der Waals surface area contributed by atoms with Crippen molar-refractivity contribution >= 4 is 11.8 Å². The Morgan fingerprint density at radius 2 is 2.15 bits per heavy atom. The molecule has 0 unspecified atom stereocenters. The van der Waals surface area contributed by atoms with Gasteiger partial charge in [0.1, 0.15) is 11.9 Å². The molecule has 1 aromatic carbocycles. The number of hydrogen-bond acceptors (Lipinski definition) is 4. The van der Waals surface area contributed by atoms with Crippen LogP contribution in [-0.4, -0.2) is 34.3 Å². The molecule has 6 nitrogen and oxygen atoms in total. The van der Waals surface area contributed by atoms with Gasteiger partial charge in [0.15, 0.2) is 11.6 Å². The van der Waals surface area contributed by atoms with Crippen molar-refractivity contribution in [3.05, 3.63) is 53.7 Å². The Labute approximate surface area is 155 Å². The van der Waals surface area contributed by atoms with Crippen LogP contribution in [0.5, 0.6) is 11.6 Å². The van der Waals surface area contributed by atoms with E-state index in [9.17, 15) is 18.4 Å². The smallest absolute Gasteiger partial charge is 0.243 e. The summed E-state index contributed by atoms with van der Waals surface area (Å²) in [6.07, 6.45) is 2.86. The van der Waals surface area contributed by atoms with E-state index in [4.69, 9.17) is 4.74 Å². The minimum absolute atomic E-state index is 0.104. The van der Waals surface area contributed by atoms with E-state index in [2.05, 4.69) is 10.3 Å². The van der Waals surface area contributed by atoms with Crippen molar-refractivity contribution in [1.82, 2.24) is 15.2 Å². The van der Waals surface area contributed by atoms with Crippen LogP contribution in [0.2, 0.25) is 0 Å². The Bertz CT molecular complexity index is 860. The second-order valence-electron chi connectivity index (χ2n) is 6.23. The lowest BCUT2D eigenvalue weighted by Gasteiger charge is -2.22. The number of nitrogens with zero attached hydrogens (tertiary/aromatic N) is 2. The van der Waals surface area contributed by atoms with E-state index in [0.717, 1.165) is 18.6 Å². The van der Waals surface area contributed by atoms with Crippen LogP contribution in [0.4, 0.5) is 8.78 Å². The molecule has 0 radical (unpaired) electrons. The maximum absolute atomic E-state index is 13.8. The largest absolute Gasteiger partial charge is 0.436 e. The predicted octanol–water partition coefficient (Wildman–Crippen LogP) is 2.78. The summed E-state index contributed by atoms with van der Waals surface area (Å²) in [7, 11) is 0. The highest BCUT2D eigenvalue weighted by atomic mass is 19.1. The zero-order chi connectivity index (χ0) is 19.4. The highest BCUT2D eigenvalue weighted by Gasteiger charge is 2.32. The molecule has 1 fully saturated rings. The predicted molar refractivity (Wildman–Crippen MR) is 92.9 cm³/mol. The first-order chi connectivity index (χ1) is 13.0. The first kappa shape index (κ1) is 18.8. The van der Waals surface area contributed by atoms with Crippen LogP contribution in [0.1, 0.15) is 25.3 Å². The highest BCUT2D eigenvalue weighted by molar-refractivity contribution is 5.87. The van der Waals surface area contributed by atoms with Crippen molar-refractivity contribution < 1.29 is 23.1 Å². The number of rotatable bonds is 5. The van der Waals surface area contributed by atoms with E-state index in [1.165, 1.54) is 19.2 Å². The second-order valence-corrected chi connectivity index (χ2v) is 6.23. The SMILES string of the molecule is CC(=O)N1CCC[C@@H]1C(=O)NCc1cccnc1Oc1ccc(F)cc1F. The second kappa shape index (κ2) is 8.11. The Kier molecular flexibility index (Phi) is 5.63. The third-order valence-corrected chi connectivity index (χ3v) is 4.36. The molecule has 3 rings (SSSR count). The normalized spacial score (nSPS) is 16.3. The monoisotopic (exact) mass is 375 g/mol. The summed E-state index contributed by atoms with van der Waals surface area (Å²) in [5.74, 6) is -2.01. The lowest BCUT2D eigenvalue weighted by atomic mass is 10.2. The van der Waals surface area contributed by atoms with Gasteiger partial charge in [0.2, 0.25) is 17.7 Å². The summed E-state index contributed by atoms with van der Waals surface area (Å²) in [6, 6.07) is 5.83. The molecular weight excluding hydrogens is 356 g/mol. The molecule has 0 aliphatic carbocycles. The van der Waals surface area contributed by atoms with Crippen LogP contribution >= 0.6 is 0 Å². The Morgan fingerprint density at radius 1 is 1.33 bits per heavy atom. The van der Waals surface area contributed by atoms with Crippen molar-refractivity contribution in [1.29, 1.82) is 0 Å². The number of carbonyl (C=O) groups is 2. The van der Waals surface area contributed by atoms with Crippen LogP contribution in [-0.2, 0) is 16.1 Å². The number of carbonyl (C=O) groups excluding carboxylic acids is 2. The molecule has 142 valence electrons. The number of aromatic nitrogens is 1. The first-order valence-corrected chi connectivity index (χ1v) is 8.57. The fourth-order valence-electron chi connectivity index (χ4n) is 3.03. The minimum Gasteiger partial charge on any atom is -0.436 e. The van der Waals surface area contributed by atoms with Crippen molar-refractivity contribution in [3.63, 3.8) is 0 Å². The fourth-order valence-corrected chi connectivity index (χ4v) is 3.03. The van der Waals surface area contributed by atoms with Crippen LogP contribution in [0.25, 0.3) is 0 Å². The van der Waals surface area contributed by atoms with Gasteiger partial charge in [-0.2, -0.15) is 0 Å². The molecule has 27 heavy (non-hydrogen) atoms. The maximum Gasteiger partial charge on any atom is 0.243 e. The molecule has 1 saturated heterocycles. The molecule has 1 atom stereocenters. The summed E-state index contributed by atoms with van der Waals surface area (Å²) >= 11 is 0. The van der Waals surface area contributed by atoms with Gasteiger partial charge in [-0.15, -0.1) is 0 Å². The molecule has 2 amide bonds. The van der Waals surface area contributed by atoms with Crippen molar-refractivity contribution in [2.45, 2.75) is 32.4 Å². The molecule has 1 aliphatic rings. The van der Waals surface area contributed by atoms with Gasteiger partial charge >= 0.3 is 0 Å². The van der Waals surface area contributed by atoms with Gasteiger partial charge in [-0.05, 0) is 31.0 Å². The molecule has 8 heteroatoms. The van der Waals surface area contributed by atoms with Gasteiger partial charge in [0.25, 0.3) is 0 Å². The summed E-state index contributed by atoms with van der Waals surface area (Å²) in [4.78, 5) is 29.6. The maximum atomic E-state index is 13.8. The van der Waals surface area contributed by atoms with Crippen molar-refractivity contribution in [2.24, 2.45) is 0 Å². The molecule has 1 N–H and O–H groups in total. The summed E-state index contributed by atoms with van der Waals surface area (Å²) < 4.78 is 32.3. The molecule has 2 heterocycles. The first-order valence-electron chi connectivity index (χ1n) is 8.57. The van der Waals surface area contributed by atoms with Gasteiger partial charge in [0.05, 0.1) is 0 Å². The quantitative estimate of drug-likeness (QED) is 0.872. The Hall–Kier alpha value is -3.03. The van der Waals surface area contributed by atoms with Crippen molar-refractivity contribution in [3.8, 4) is 11.6 Å². The Morgan fingerprint density at radius 3 is 2.89 bits per heavy atom. The summed E-state index contributed by atoms with van der Waals surface area (Å²) in [5, 5.41) is 2.77. The zero-order valence-corrected chi connectivity index (χ0v) is 14.7. The number of nitrogens with one attached hydrogen (secondary N) is 1. The lowest BCUT2D eigenvalue weighted by Crippen LogP contribution is -2.44. The standard InChI is InChI=1S/C19H19F2N3O3/c1-12(25)24-9-3-5-16(24)18(26)23-11-13-4-2-8-22-19(13)27-17-7-6-14(20)10-15(17)21/h2,4,6-8,10,16H,3,5,9,11H2,1H3,(H,23,26)/t16-/m1/s1. The number of halogens is 2. The number of hydrogen-bond donors (Lipinski definition) is 1. The third kappa shape index (κ3) is 4.39. The molecule has 0 bridgehead atoms. The fraction of sp³-hybridized carbons (Fsp3) is 0.316. The molecule has 2 aromatic rings.